The van der Waals surface area contributed by atoms with Crippen LogP contribution in [0.2, 0.25) is 0 Å². The number of aliphatic hydroxyl groups is 4. The first-order valence-corrected chi connectivity index (χ1v) is 29.1. The summed E-state index contributed by atoms with van der Waals surface area (Å²) in [6.45, 7) is 5.07. The van der Waals surface area contributed by atoms with Gasteiger partial charge in [0, 0.05) is 68.2 Å². The largest absolute Gasteiger partial charge is 0.504 e. The number of carbonyl (C=O) groups is 7. The molecule has 27 nitrogen and oxygen atoms in total. The van der Waals surface area contributed by atoms with Gasteiger partial charge >= 0.3 is 10.4 Å². The summed E-state index contributed by atoms with van der Waals surface area (Å²) in [5.74, 6) is -6.92. The third-order valence-electron chi connectivity index (χ3n) is 14.8. The highest BCUT2D eigenvalue weighted by molar-refractivity contribution is 7.81. The second kappa shape index (κ2) is 28.7. The summed E-state index contributed by atoms with van der Waals surface area (Å²) in [5, 5.41) is 73.0. The van der Waals surface area contributed by atoms with E-state index in [2.05, 4.69) is 42.8 Å². The van der Waals surface area contributed by atoms with Crippen molar-refractivity contribution in [2.45, 2.75) is 139 Å². The van der Waals surface area contributed by atoms with Crippen LogP contribution in [-0.4, -0.2) is 188 Å². The predicted octanol–water partition coefficient (Wildman–Crippen LogP) is -0.179. The van der Waals surface area contributed by atoms with Crippen LogP contribution in [0, 0.1) is 5.92 Å². The molecule has 1 aromatic heterocycles. The molecule has 11 unspecified atom stereocenters. The molecule has 4 aromatic rings. The topological polar surface area (TPSA) is 412 Å². The van der Waals surface area contributed by atoms with Gasteiger partial charge in [0.2, 0.25) is 35.4 Å². The Kier molecular flexibility index (Phi) is 21.8. The first-order valence-electron chi connectivity index (χ1n) is 27.7. The first-order chi connectivity index (χ1) is 39.9. The molecule has 3 saturated heterocycles. The number of nitrogens with one attached hydrogen (secondary N) is 5. The molecule has 3 fully saturated rings. The summed E-state index contributed by atoms with van der Waals surface area (Å²) < 4.78 is 48.2. The van der Waals surface area contributed by atoms with E-state index in [1.54, 1.807) is 23.1 Å². The fourth-order valence-electron chi connectivity index (χ4n) is 10.4. The van der Waals surface area contributed by atoms with E-state index < -0.39 is 163 Å². The number of nitrogens with two attached hydrogens (primary N) is 1. The molecular weight excluding hydrogens is 1120 g/mol. The minimum atomic E-state index is -5.16. The Labute approximate surface area is 484 Å². The van der Waals surface area contributed by atoms with Gasteiger partial charge in [-0.25, -0.2) is 0 Å². The maximum atomic E-state index is 14.6. The van der Waals surface area contributed by atoms with Gasteiger partial charge in [-0.15, -0.1) is 0 Å². The normalized spacial score (nSPS) is 24.9. The van der Waals surface area contributed by atoms with Crippen LogP contribution in [0.4, 0.5) is 0 Å². The Morgan fingerprint density at radius 2 is 1.54 bits per heavy atom. The maximum Gasteiger partial charge on any atom is 0.446 e. The van der Waals surface area contributed by atoms with Gasteiger partial charge in [0.15, 0.2) is 17.3 Å². The third kappa shape index (κ3) is 17.2. The standard InChI is InChI=1S/C56H73N9O18S/c1-4-6-7-18-81-37-15-13-33(14-16-37)47-24-39(63-82-47)32-9-11-34(12-10-32)51(72)60-40-22-35(66)26-58-53(74)42-19-30(3)27-64(42)29-41(45(69)25-49(57)71)61-55(76)50(46(70)20-31-8-17-44(68)48(21-31)83-84(78,79)80)62-54(75)43-23-36(67)28-65(43)56(77)38(5-2)59-52(40)73/h8-17,21,24,30,35-36,38,40-43,45-46,50,66-70H,4-7,18-20,22-23,25-29H2,1-3H3,(H2,57,71)(H,58,74)(H,59,73)(H,60,72)(H,61,76)(H,62,75)(H,78,79,80). The van der Waals surface area contributed by atoms with E-state index in [1.807, 2.05) is 31.2 Å². The van der Waals surface area contributed by atoms with Crippen molar-refractivity contribution < 1.29 is 85.5 Å². The molecule has 3 aromatic carbocycles. The molecule has 0 saturated carbocycles. The minimum absolute atomic E-state index is 0.0141. The van der Waals surface area contributed by atoms with Crippen molar-refractivity contribution in [2.24, 2.45) is 11.7 Å². The molecule has 11 atom stereocenters. The summed E-state index contributed by atoms with van der Waals surface area (Å²) in [6.07, 6.45) is -5.50. The molecule has 456 valence electrons. The number of amides is 7. The summed E-state index contributed by atoms with van der Waals surface area (Å²) in [7, 11) is -5.16. The van der Waals surface area contributed by atoms with Gasteiger partial charge in [-0.05, 0) is 79.3 Å². The van der Waals surface area contributed by atoms with Gasteiger partial charge in [-0.1, -0.05) is 57.0 Å². The lowest BCUT2D eigenvalue weighted by atomic mass is 9.99. The van der Waals surface area contributed by atoms with Crippen LogP contribution in [0.1, 0.15) is 88.1 Å². The Hall–Kier alpha value is -7.73. The second-order valence-corrected chi connectivity index (χ2v) is 22.5. The van der Waals surface area contributed by atoms with Gasteiger partial charge in [-0.3, -0.25) is 43.0 Å². The number of aliphatic hydroxyl groups excluding tert-OH is 4. The molecular formula is C56H73N9O18S. The van der Waals surface area contributed by atoms with Crippen molar-refractivity contribution in [3.8, 4) is 39.8 Å². The number of β-amino-alcohol motifs (C(OH)–C–C–N with tert-alkyl or cyclic N) is 1. The number of carbonyl (C=O) groups excluding carboxylic acids is 7. The molecule has 28 heteroatoms. The Bertz CT molecular complexity index is 3090. The van der Waals surface area contributed by atoms with Gasteiger partial charge in [0.1, 0.15) is 35.6 Å². The van der Waals surface area contributed by atoms with Gasteiger partial charge in [-0.2, -0.15) is 8.42 Å². The molecule has 4 heterocycles. The van der Waals surface area contributed by atoms with Crippen molar-refractivity contribution in [3.05, 3.63) is 83.9 Å². The smallest absolute Gasteiger partial charge is 0.446 e. The van der Waals surface area contributed by atoms with E-state index in [4.69, 9.17) is 15.0 Å². The molecule has 7 amide bonds. The molecule has 84 heavy (non-hydrogen) atoms. The number of benzene rings is 3. The van der Waals surface area contributed by atoms with Crippen LogP contribution in [0.15, 0.2) is 77.3 Å². The molecule has 3 aliphatic rings. The number of rotatable bonds is 18. The van der Waals surface area contributed by atoms with Gasteiger partial charge in [0.05, 0.1) is 49.5 Å². The van der Waals surface area contributed by atoms with E-state index in [-0.39, 0.29) is 43.0 Å². The Balaban J connectivity index is 1.16. The molecule has 13 N–H and O–H groups in total. The number of aromatic nitrogens is 1. The number of phenolic OH excluding ortho intramolecular Hbond substituents is 1. The summed E-state index contributed by atoms with van der Waals surface area (Å²) >= 11 is 0. The number of nitrogens with zero attached hydrogens (tertiary/aromatic N) is 3. The van der Waals surface area contributed by atoms with E-state index in [9.17, 15) is 72.1 Å². The molecule has 0 radical (unpaired) electrons. The highest BCUT2D eigenvalue weighted by Crippen LogP contribution is 2.31. The van der Waals surface area contributed by atoms with Crippen LogP contribution in [-0.2, 0) is 45.6 Å². The van der Waals surface area contributed by atoms with Crippen molar-refractivity contribution in [1.82, 2.24) is 41.5 Å². The number of primary amides is 1. The van der Waals surface area contributed by atoms with E-state index in [0.29, 0.717) is 23.6 Å². The molecule has 7 rings (SSSR count). The van der Waals surface area contributed by atoms with Crippen LogP contribution < -0.4 is 41.2 Å². The number of hydrogen-bond donors (Lipinski definition) is 12. The highest BCUT2D eigenvalue weighted by atomic mass is 32.3. The lowest BCUT2D eigenvalue weighted by molar-refractivity contribution is -0.143. The predicted molar refractivity (Wildman–Crippen MR) is 298 cm³/mol. The number of ether oxygens (including phenoxy) is 1. The number of phenols is 1. The van der Waals surface area contributed by atoms with Crippen LogP contribution >= 0.6 is 0 Å². The fourth-order valence-corrected chi connectivity index (χ4v) is 10.8. The second-order valence-electron chi connectivity index (χ2n) is 21.5. The van der Waals surface area contributed by atoms with Crippen molar-refractivity contribution >= 4 is 51.7 Å². The highest BCUT2D eigenvalue weighted by Gasteiger charge is 2.45. The van der Waals surface area contributed by atoms with E-state index >= 15 is 0 Å². The fraction of sp³-hybridized carbons (Fsp3) is 0.500. The molecule has 3 aliphatic heterocycles. The summed E-state index contributed by atoms with van der Waals surface area (Å²) in [5.41, 5.74) is 7.34. The van der Waals surface area contributed by atoms with Crippen LogP contribution in [0.25, 0.3) is 22.6 Å². The van der Waals surface area contributed by atoms with Gasteiger partial charge in [0.25, 0.3) is 5.91 Å². The number of hydrogen-bond acceptors (Lipinski definition) is 19. The first kappa shape index (κ1) is 63.8. The molecule has 0 spiro atoms. The van der Waals surface area contributed by atoms with E-state index in [1.165, 1.54) is 25.1 Å². The molecule has 0 bridgehead atoms. The average Bonchev–Trinajstić information content (AvgIpc) is 3.70. The van der Waals surface area contributed by atoms with Crippen molar-refractivity contribution in [1.29, 1.82) is 0 Å². The lowest BCUT2D eigenvalue weighted by Gasteiger charge is -2.34. The number of unbranched alkanes of at least 4 members (excludes halogenated alkanes) is 2. The number of aromatic hydroxyl groups is 1. The lowest BCUT2D eigenvalue weighted by Crippen LogP contribution is -2.62. The summed E-state index contributed by atoms with van der Waals surface area (Å²) in [6, 6.07) is 9.42. The summed E-state index contributed by atoms with van der Waals surface area (Å²) in [4.78, 5) is 101. The van der Waals surface area contributed by atoms with E-state index in [0.717, 1.165) is 47.6 Å². The average molecular weight is 1190 g/mol. The SMILES string of the molecule is CCCCCOc1ccc(-c2cc(-c3ccc(C(=O)NC4CC(O)CNC(=O)C5CC(C)CN5CC(C(O)CC(N)=O)NC(=O)C(C(O)Cc5ccc(O)c(OS(=O)(=O)O)c5)NC(=O)C5CC(O)CN5C(=O)C(CC)NC4=O)cc3)no2)cc1. The monoisotopic (exact) mass is 1190 g/mol. The quantitative estimate of drug-likeness (QED) is 0.0454. The zero-order valence-corrected chi connectivity index (χ0v) is 47.4. The van der Waals surface area contributed by atoms with Crippen LogP contribution in [0.3, 0.4) is 0 Å². The van der Waals surface area contributed by atoms with Gasteiger partial charge < -0.3 is 76.2 Å². The zero-order chi connectivity index (χ0) is 61.0. The maximum absolute atomic E-state index is 14.6. The van der Waals surface area contributed by atoms with Crippen molar-refractivity contribution in [3.63, 3.8) is 0 Å². The number of fused-ring (bicyclic) bond motifs is 2. The minimum Gasteiger partial charge on any atom is -0.504 e. The van der Waals surface area contributed by atoms with Crippen LogP contribution in [0.5, 0.6) is 17.2 Å². The van der Waals surface area contributed by atoms with Crippen molar-refractivity contribution in [2.75, 3.05) is 32.8 Å². The third-order valence-corrected chi connectivity index (χ3v) is 15.2. The molecule has 0 aliphatic carbocycles. The zero-order valence-electron chi connectivity index (χ0n) is 46.6. The Morgan fingerprint density at radius 3 is 2.21 bits per heavy atom. The Morgan fingerprint density at radius 1 is 0.821 bits per heavy atom.